The van der Waals surface area contributed by atoms with Gasteiger partial charge in [0.1, 0.15) is 0 Å². The van der Waals surface area contributed by atoms with Crippen LogP contribution in [0.1, 0.15) is 33.1 Å². The Hall–Kier alpha value is -0.0900. The van der Waals surface area contributed by atoms with E-state index in [9.17, 15) is 4.79 Å². The second-order valence-corrected chi connectivity index (χ2v) is 5.13. The number of nitrogens with zero attached hydrogens (tertiary/aromatic N) is 1. The molecule has 3 nitrogen and oxygen atoms in total. The van der Waals surface area contributed by atoms with Crippen molar-refractivity contribution in [2.45, 2.75) is 39.2 Å². The quantitative estimate of drug-likeness (QED) is 0.704. The summed E-state index contributed by atoms with van der Waals surface area (Å²) < 4.78 is 5.46. The summed E-state index contributed by atoms with van der Waals surface area (Å²) in [7, 11) is 0. The number of hydrogen-bond acceptors (Lipinski definition) is 2. The van der Waals surface area contributed by atoms with Gasteiger partial charge >= 0.3 is 0 Å². The van der Waals surface area contributed by atoms with Crippen molar-refractivity contribution >= 4 is 21.8 Å². The van der Waals surface area contributed by atoms with Gasteiger partial charge in [0, 0.05) is 25.0 Å². The zero-order chi connectivity index (χ0) is 12.0. The first-order valence-electron chi connectivity index (χ1n) is 6.17. The molecule has 16 heavy (non-hydrogen) atoms. The van der Waals surface area contributed by atoms with Crippen molar-refractivity contribution in [2.24, 2.45) is 5.92 Å². The van der Waals surface area contributed by atoms with Crippen molar-refractivity contribution in [2.75, 3.05) is 25.0 Å². The fraction of sp³-hybridized carbons (Fsp3) is 0.917. The number of unbranched alkanes of at least 4 members (excludes halogenated alkanes) is 1. The molecule has 1 rings (SSSR count). The molecule has 0 saturated carbocycles. The molecule has 0 radical (unpaired) electrons. The van der Waals surface area contributed by atoms with E-state index in [1.807, 2.05) is 11.8 Å². The van der Waals surface area contributed by atoms with Gasteiger partial charge in [-0.15, -0.1) is 0 Å². The predicted molar refractivity (Wildman–Crippen MR) is 68.8 cm³/mol. The number of alkyl halides is 1. The predicted octanol–water partition coefficient (Wildman–Crippen LogP) is 2.44. The van der Waals surface area contributed by atoms with Gasteiger partial charge in [-0.3, -0.25) is 4.79 Å². The van der Waals surface area contributed by atoms with Crippen LogP contribution in [0.25, 0.3) is 0 Å². The Morgan fingerprint density at radius 2 is 2.25 bits per heavy atom. The minimum absolute atomic E-state index is 0.0795. The summed E-state index contributed by atoms with van der Waals surface area (Å²) in [4.78, 5) is 14.3. The zero-order valence-corrected chi connectivity index (χ0v) is 11.8. The molecular formula is C12H22BrNO2. The Labute approximate surface area is 107 Å². The van der Waals surface area contributed by atoms with Crippen LogP contribution in [0.2, 0.25) is 0 Å². The molecule has 1 saturated heterocycles. The van der Waals surface area contributed by atoms with Gasteiger partial charge in [-0.05, 0) is 19.8 Å². The molecule has 0 N–H and O–H groups in total. The Morgan fingerprint density at radius 3 is 2.75 bits per heavy atom. The molecule has 0 spiro atoms. The van der Waals surface area contributed by atoms with Crippen molar-refractivity contribution in [1.29, 1.82) is 0 Å². The second-order valence-electron chi connectivity index (χ2n) is 4.34. The number of carbonyl (C=O) groups excluding carboxylic acids is 1. The number of rotatable bonds is 6. The molecule has 0 aromatic heterocycles. The first-order valence-corrected chi connectivity index (χ1v) is 7.29. The lowest BCUT2D eigenvalue weighted by Crippen LogP contribution is -2.40. The van der Waals surface area contributed by atoms with E-state index in [-0.39, 0.29) is 17.9 Å². The van der Waals surface area contributed by atoms with E-state index in [1.165, 1.54) is 0 Å². The van der Waals surface area contributed by atoms with Gasteiger partial charge in [-0.25, -0.2) is 0 Å². The second kappa shape index (κ2) is 7.28. The molecule has 0 bridgehead atoms. The maximum absolute atomic E-state index is 12.3. The van der Waals surface area contributed by atoms with Crippen molar-refractivity contribution in [1.82, 2.24) is 4.90 Å². The smallest absolute Gasteiger partial charge is 0.228 e. The Kier molecular flexibility index (Phi) is 6.36. The molecule has 94 valence electrons. The van der Waals surface area contributed by atoms with Crippen LogP contribution in [-0.4, -0.2) is 41.9 Å². The molecule has 0 aliphatic carbocycles. The standard InChI is InChI=1S/C12H22BrNO2/c1-3-4-7-14(8-6-13)12(15)11-5-9-16-10(11)2/h10-11H,3-9H2,1-2H3. The fourth-order valence-corrected chi connectivity index (χ4v) is 2.50. The minimum atomic E-state index is 0.0795. The highest BCUT2D eigenvalue weighted by atomic mass is 79.9. The van der Waals surface area contributed by atoms with Gasteiger partial charge in [-0.2, -0.15) is 0 Å². The summed E-state index contributed by atoms with van der Waals surface area (Å²) in [5.41, 5.74) is 0. The monoisotopic (exact) mass is 291 g/mol. The van der Waals surface area contributed by atoms with Crippen LogP contribution in [0, 0.1) is 5.92 Å². The van der Waals surface area contributed by atoms with Crippen LogP contribution in [0.15, 0.2) is 0 Å². The molecule has 1 aliphatic rings. The zero-order valence-electron chi connectivity index (χ0n) is 10.2. The molecule has 1 heterocycles. The first kappa shape index (κ1) is 14.0. The van der Waals surface area contributed by atoms with Gasteiger partial charge in [0.05, 0.1) is 12.0 Å². The van der Waals surface area contributed by atoms with Gasteiger partial charge < -0.3 is 9.64 Å². The molecule has 1 fully saturated rings. The summed E-state index contributed by atoms with van der Waals surface area (Å²) in [6.45, 7) is 6.57. The topological polar surface area (TPSA) is 29.5 Å². The van der Waals surface area contributed by atoms with Crippen molar-refractivity contribution in [3.05, 3.63) is 0 Å². The van der Waals surface area contributed by atoms with Crippen LogP contribution in [0.5, 0.6) is 0 Å². The molecule has 2 atom stereocenters. The van der Waals surface area contributed by atoms with Gasteiger partial charge in [0.25, 0.3) is 0 Å². The van der Waals surface area contributed by atoms with E-state index in [2.05, 4.69) is 22.9 Å². The van der Waals surface area contributed by atoms with E-state index < -0.39 is 0 Å². The van der Waals surface area contributed by atoms with E-state index in [0.29, 0.717) is 0 Å². The largest absolute Gasteiger partial charge is 0.378 e. The van der Waals surface area contributed by atoms with Crippen LogP contribution in [0.3, 0.4) is 0 Å². The minimum Gasteiger partial charge on any atom is -0.378 e. The molecule has 0 aromatic rings. The van der Waals surface area contributed by atoms with Crippen LogP contribution in [-0.2, 0) is 9.53 Å². The Morgan fingerprint density at radius 1 is 1.50 bits per heavy atom. The lowest BCUT2D eigenvalue weighted by Gasteiger charge is -2.26. The maximum Gasteiger partial charge on any atom is 0.228 e. The van der Waals surface area contributed by atoms with Crippen molar-refractivity contribution in [3.8, 4) is 0 Å². The number of halogens is 1. The summed E-state index contributed by atoms with van der Waals surface area (Å²) in [6, 6.07) is 0. The Bertz CT molecular complexity index is 223. The number of ether oxygens (including phenoxy) is 1. The van der Waals surface area contributed by atoms with Gasteiger partial charge in [0.15, 0.2) is 0 Å². The molecule has 2 unspecified atom stereocenters. The first-order chi connectivity index (χ1) is 7.70. The van der Waals surface area contributed by atoms with Gasteiger partial charge in [0.2, 0.25) is 5.91 Å². The van der Waals surface area contributed by atoms with Crippen LogP contribution >= 0.6 is 15.9 Å². The van der Waals surface area contributed by atoms with Crippen LogP contribution in [0.4, 0.5) is 0 Å². The SMILES string of the molecule is CCCCN(CCBr)C(=O)C1CCOC1C. The lowest BCUT2D eigenvalue weighted by atomic mass is 10.0. The highest BCUT2D eigenvalue weighted by Crippen LogP contribution is 2.23. The molecule has 1 amide bonds. The maximum atomic E-state index is 12.3. The highest BCUT2D eigenvalue weighted by Gasteiger charge is 2.33. The summed E-state index contributed by atoms with van der Waals surface area (Å²) >= 11 is 3.41. The molecule has 4 heteroatoms. The van der Waals surface area contributed by atoms with E-state index in [1.54, 1.807) is 0 Å². The summed E-state index contributed by atoms with van der Waals surface area (Å²) in [6.07, 6.45) is 3.18. The Balaban J connectivity index is 2.51. The molecule has 1 aliphatic heterocycles. The third-order valence-corrected chi connectivity index (χ3v) is 3.50. The van der Waals surface area contributed by atoms with E-state index in [4.69, 9.17) is 4.74 Å². The fourth-order valence-electron chi connectivity index (χ4n) is 2.07. The van der Waals surface area contributed by atoms with Gasteiger partial charge in [-0.1, -0.05) is 29.3 Å². The average Bonchev–Trinajstić information content (AvgIpc) is 2.69. The number of amides is 1. The summed E-state index contributed by atoms with van der Waals surface area (Å²) in [5, 5.41) is 0.852. The van der Waals surface area contributed by atoms with Crippen molar-refractivity contribution in [3.63, 3.8) is 0 Å². The third-order valence-electron chi connectivity index (χ3n) is 3.14. The average molecular weight is 292 g/mol. The molecule has 0 aromatic carbocycles. The van der Waals surface area contributed by atoms with E-state index in [0.717, 1.165) is 44.3 Å². The highest BCUT2D eigenvalue weighted by molar-refractivity contribution is 9.09. The van der Waals surface area contributed by atoms with Crippen molar-refractivity contribution < 1.29 is 9.53 Å². The van der Waals surface area contributed by atoms with E-state index >= 15 is 0 Å². The normalized spacial score (nSPS) is 24.7. The number of hydrogen-bond donors (Lipinski definition) is 0. The van der Waals surface area contributed by atoms with Crippen LogP contribution < -0.4 is 0 Å². The number of carbonyl (C=O) groups is 1. The lowest BCUT2D eigenvalue weighted by molar-refractivity contribution is -0.136. The third kappa shape index (κ3) is 3.74. The summed E-state index contributed by atoms with van der Waals surface area (Å²) in [5.74, 6) is 0.355. The molecular weight excluding hydrogens is 270 g/mol.